The van der Waals surface area contributed by atoms with Crippen LogP contribution in [0.1, 0.15) is 22.4 Å². The van der Waals surface area contributed by atoms with Crippen LogP contribution in [-0.4, -0.2) is 24.1 Å². The second kappa shape index (κ2) is 11.7. The quantitative estimate of drug-likeness (QED) is 0.193. The molecule has 0 spiro atoms. The Labute approximate surface area is 322 Å². The van der Waals surface area contributed by atoms with Crippen molar-refractivity contribution in [2.45, 2.75) is 5.41 Å². The molecule has 0 amide bonds. The molecule has 5 heterocycles. The van der Waals surface area contributed by atoms with Gasteiger partial charge in [0.1, 0.15) is 11.3 Å². The van der Waals surface area contributed by atoms with Crippen molar-refractivity contribution >= 4 is 43.9 Å². The van der Waals surface area contributed by atoms with Crippen LogP contribution in [0.25, 0.3) is 77.5 Å². The van der Waals surface area contributed by atoms with Crippen LogP contribution in [0.2, 0.25) is 0 Å². The number of pyridine rings is 2. The summed E-state index contributed by atoms with van der Waals surface area (Å²) in [5.41, 5.74) is 15.3. The number of para-hydroxylation sites is 1. The van der Waals surface area contributed by atoms with Crippen LogP contribution in [0.4, 0.5) is 0 Å². The maximum atomic E-state index is 5.80. The number of aromatic amines is 1. The minimum absolute atomic E-state index is 0.573. The number of nitrogens with zero attached hydrogens (tertiary/aromatic N) is 4. The Hall–Kier alpha value is -7.50. The topological polar surface area (TPSA) is 51.4 Å². The molecule has 0 saturated carbocycles. The van der Waals surface area contributed by atoms with E-state index in [1.165, 1.54) is 44.0 Å². The minimum Gasteiger partial charge on any atom is -0.347 e. The summed E-state index contributed by atoms with van der Waals surface area (Å²) >= 11 is 0. The van der Waals surface area contributed by atoms with Gasteiger partial charge in [-0.3, -0.25) is 14.1 Å². The lowest BCUT2D eigenvalue weighted by atomic mass is 9.69. The number of hydrogen-bond acceptors (Lipinski definition) is 2. The molecular weight excluding hydrogens is 683 g/mol. The van der Waals surface area contributed by atoms with Gasteiger partial charge in [-0.15, -0.1) is 0 Å². The molecule has 11 aromatic rings. The first-order valence-corrected chi connectivity index (χ1v) is 19.1. The third-order valence-corrected chi connectivity index (χ3v) is 11.9. The van der Waals surface area contributed by atoms with Crippen LogP contribution in [-0.2, 0) is 5.41 Å². The third kappa shape index (κ3) is 4.19. The highest BCUT2D eigenvalue weighted by molar-refractivity contribution is 6.10. The van der Waals surface area contributed by atoms with Crippen molar-refractivity contribution in [3.8, 4) is 33.6 Å². The highest BCUT2D eigenvalue weighted by Crippen LogP contribution is 2.56. The van der Waals surface area contributed by atoms with Gasteiger partial charge in [0.2, 0.25) is 0 Å². The summed E-state index contributed by atoms with van der Waals surface area (Å²) in [7, 11) is 0. The summed E-state index contributed by atoms with van der Waals surface area (Å²) in [6.07, 6.45) is 5.80. The smallest absolute Gasteiger partial charge is 0.145 e. The standard InChI is InChI=1S/C51H33N5/c1-3-11-35(12-4-1)51(36-13-5-2-6-14-36)45-17-9-7-15-39(45)43-31-44-40-16-8-10-18-46(40)55(50(44)54-48(43)51)37-23-19-33(20-24-37)34-21-25-38(26-22-34)56-47-32-52-29-27-41(47)42-28-30-53-49(42)56/h1-32,53H. The van der Waals surface area contributed by atoms with E-state index in [1.807, 2.05) is 18.6 Å². The second-order valence-electron chi connectivity index (χ2n) is 14.7. The van der Waals surface area contributed by atoms with E-state index in [2.05, 4.69) is 195 Å². The lowest BCUT2D eigenvalue weighted by Gasteiger charge is -2.32. The highest BCUT2D eigenvalue weighted by atomic mass is 15.1. The minimum atomic E-state index is -0.573. The summed E-state index contributed by atoms with van der Waals surface area (Å²) in [6, 6.07) is 63.7. The number of nitrogens with one attached hydrogen (secondary N) is 1. The molecule has 12 rings (SSSR count). The lowest BCUT2D eigenvalue weighted by Crippen LogP contribution is -2.29. The van der Waals surface area contributed by atoms with Gasteiger partial charge in [0.25, 0.3) is 0 Å². The van der Waals surface area contributed by atoms with E-state index in [9.17, 15) is 0 Å². The fourth-order valence-electron chi connectivity index (χ4n) is 9.48. The molecule has 6 aromatic carbocycles. The van der Waals surface area contributed by atoms with Crippen molar-refractivity contribution in [1.29, 1.82) is 0 Å². The zero-order chi connectivity index (χ0) is 36.8. The van der Waals surface area contributed by atoms with Crippen molar-refractivity contribution in [2.24, 2.45) is 0 Å². The van der Waals surface area contributed by atoms with Crippen LogP contribution in [0.5, 0.6) is 0 Å². The van der Waals surface area contributed by atoms with Gasteiger partial charge in [-0.25, -0.2) is 4.98 Å². The molecule has 56 heavy (non-hydrogen) atoms. The van der Waals surface area contributed by atoms with Crippen LogP contribution in [0, 0.1) is 0 Å². The Bertz CT molecular complexity index is 3240. The van der Waals surface area contributed by atoms with Gasteiger partial charge >= 0.3 is 0 Å². The Balaban J connectivity index is 1.02. The Morgan fingerprint density at radius 1 is 0.482 bits per heavy atom. The van der Waals surface area contributed by atoms with Gasteiger partial charge in [0, 0.05) is 50.9 Å². The third-order valence-electron chi connectivity index (χ3n) is 11.9. The van der Waals surface area contributed by atoms with E-state index >= 15 is 0 Å². The fourth-order valence-corrected chi connectivity index (χ4v) is 9.48. The predicted molar refractivity (Wildman–Crippen MR) is 228 cm³/mol. The summed E-state index contributed by atoms with van der Waals surface area (Å²) in [5, 5.41) is 4.73. The van der Waals surface area contributed by atoms with Gasteiger partial charge in [-0.2, -0.15) is 0 Å². The van der Waals surface area contributed by atoms with Crippen LogP contribution in [0.3, 0.4) is 0 Å². The second-order valence-corrected chi connectivity index (χ2v) is 14.7. The molecule has 1 aliphatic carbocycles. The average molecular weight is 716 g/mol. The number of rotatable bonds is 5. The summed E-state index contributed by atoms with van der Waals surface area (Å²) in [5.74, 6) is 0. The van der Waals surface area contributed by atoms with E-state index in [0.29, 0.717) is 0 Å². The maximum Gasteiger partial charge on any atom is 0.145 e. The molecule has 0 saturated heterocycles. The van der Waals surface area contributed by atoms with Crippen LogP contribution < -0.4 is 0 Å². The van der Waals surface area contributed by atoms with Crippen LogP contribution in [0.15, 0.2) is 195 Å². The monoisotopic (exact) mass is 715 g/mol. The summed E-state index contributed by atoms with van der Waals surface area (Å²) in [4.78, 5) is 13.7. The molecule has 262 valence electrons. The lowest BCUT2D eigenvalue weighted by molar-refractivity contribution is 0.740. The van der Waals surface area contributed by atoms with E-state index < -0.39 is 5.41 Å². The van der Waals surface area contributed by atoms with E-state index in [-0.39, 0.29) is 0 Å². The van der Waals surface area contributed by atoms with E-state index in [0.717, 1.165) is 55.9 Å². The first-order valence-electron chi connectivity index (χ1n) is 19.1. The Morgan fingerprint density at radius 3 is 1.84 bits per heavy atom. The molecule has 0 radical (unpaired) electrons. The van der Waals surface area contributed by atoms with Gasteiger partial charge < -0.3 is 4.98 Å². The Morgan fingerprint density at radius 2 is 1.11 bits per heavy atom. The number of fused-ring (bicyclic) bond motifs is 9. The molecule has 0 aliphatic heterocycles. The summed E-state index contributed by atoms with van der Waals surface area (Å²) in [6.45, 7) is 0. The van der Waals surface area contributed by atoms with E-state index in [4.69, 9.17) is 4.98 Å². The van der Waals surface area contributed by atoms with Gasteiger partial charge in [0.15, 0.2) is 0 Å². The molecule has 1 N–H and O–H groups in total. The molecule has 0 bridgehead atoms. The summed E-state index contributed by atoms with van der Waals surface area (Å²) < 4.78 is 4.59. The SMILES string of the molecule is c1ccc(C2(c3ccccc3)c3ccccc3-c3cc4c5ccccc5n(-c5ccc(-c6ccc(-n7c8cnccc8c8cc[nH]c87)cc6)cc5)c4nc32)cc1. The number of aromatic nitrogens is 5. The zero-order valence-electron chi connectivity index (χ0n) is 30.3. The molecule has 1 aliphatic rings. The fraction of sp³-hybridized carbons (Fsp3) is 0.0196. The van der Waals surface area contributed by atoms with Crippen LogP contribution >= 0.6 is 0 Å². The van der Waals surface area contributed by atoms with Crippen molar-refractivity contribution < 1.29 is 0 Å². The van der Waals surface area contributed by atoms with Crippen molar-refractivity contribution in [3.63, 3.8) is 0 Å². The van der Waals surface area contributed by atoms with E-state index in [1.54, 1.807) is 0 Å². The van der Waals surface area contributed by atoms with Gasteiger partial charge in [-0.05, 0) is 81.9 Å². The number of H-pyrrole nitrogens is 1. The average Bonchev–Trinajstić information content (AvgIpc) is 4.02. The first kappa shape index (κ1) is 30.9. The van der Waals surface area contributed by atoms with Crippen molar-refractivity contribution in [2.75, 3.05) is 0 Å². The molecule has 0 fully saturated rings. The van der Waals surface area contributed by atoms with Gasteiger partial charge in [-0.1, -0.05) is 127 Å². The molecule has 5 heteroatoms. The largest absolute Gasteiger partial charge is 0.347 e. The predicted octanol–water partition coefficient (Wildman–Crippen LogP) is 12.0. The Kier molecular flexibility index (Phi) is 6.48. The normalized spacial score (nSPS) is 13.1. The van der Waals surface area contributed by atoms with Gasteiger partial charge in [0.05, 0.1) is 28.3 Å². The zero-order valence-corrected chi connectivity index (χ0v) is 30.3. The highest BCUT2D eigenvalue weighted by Gasteiger charge is 2.48. The number of hydrogen-bond donors (Lipinski definition) is 1. The molecular formula is C51H33N5. The van der Waals surface area contributed by atoms with Crippen molar-refractivity contribution in [1.82, 2.24) is 24.1 Å². The first-order chi connectivity index (χ1) is 27.8. The molecule has 5 aromatic heterocycles. The maximum absolute atomic E-state index is 5.80. The molecule has 0 unspecified atom stereocenters. The van der Waals surface area contributed by atoms with Crippen molar-refractivity contribution in [3.05, 3.63) is 217 Å². The molecule has 0 atom stereocenters. The molecule has 5 nitrogen and oxygen atoms in total. The number of benzene rings is 6.